The zero-order chi connectivity index (χ0) is 22.9. The summed E-state index contributed by atoms with van der Waals surface area (Å²) in [6, 6.07) is 16.6. The molecule has 0 fully saturated rings. The van der Waals surface area contributed by atoms with Crippen LogP contribution in [0.3, 0.4) is 0 Å². The number of hydrogen-bond acceptors (Lipinski definition) is 4. The molecule has 2 aromatic heterocycles. The van der Waals surface area contributed by atoms with Crippen molar-refractivity contribution in [1.82, 2.24) is 4.98 Å². The zero-order valence-corrected chi connectivity index (χ0v) is 20.0. The molecular weight excluding hydrogens is 418 g/mol. The molecule has 0 N–H and O–H groups in total. The van der Waals surface area contributed by atoms with E-state index in [1.807, 2.05) is 39.8 Å². The van der Waals surface area contributed by atoms with E-state index in [1.165, 1.54) is 20.5 Å². The lowest BCUT2D eigenvalue weighted by molar-refractivity contribution is -0.159. The van der Waals surface area contributed by atoms with Crippen molar-refractivity contribution in [2.45, 2.75) is 40.2 Å². The topological polar surface area (TPSA) is 48.4 Å². The molecule has 0 aliphatic carbocycles. The van der Waals surface area contributed by atoms with Crippen LogP contribution in [-0.2, 0) is 15.1 Å². The second-order valence-corrected chi connectivity index (χ2v) is 10.4. The summed E-state index contributed by atoms with van der Waals surface area (Å²) in [5, 5.41) is 3.67. The first kappa shape index (κ1) is 22.0. The third-order valence-corrected chi connectivity index (χ3v) is 7.77. The van der Waals surface area contributed by atoms with Gasteiger partial charge in [-0.25, -0.2) is 4.79 Å². The van der Waals surface area contributed by atoms with Gasteiger partial charge in [-0.2, -0.15) is 0 Å². The summed E-state index contributed by atoms with van der Waals surface area (Å²) in [5.41, 5.74) is 3.49. The van der Waals surface area contributed by atoms with Crippen molar-refractivity contribution in [2.75, 3.05) is 6.61 Å². The molecule has 1 atom stereocenters. The lowest BCUT2D eigenvalue weighted by atomic mass is 9.99. The number of fused-ring (bicyclic) bond motifs is 1. The van der Waals surface area contributed by atoms with Crippen LogP contribution in [0.2, 0.25) is 0 Å². The van der Waals surface area contributed by atoms with Crippen molar-refractivity contribution < 1.29 is 14.3 Å². The van der Waals surface area contributed by atoms with E-state index in [1.54, 1.807) is 12.4 Å². The summed E-state index contributed by atoms with van der Waals surface area (Å²) in [6.45, 7) is 9.81. The Morgan fingerprint density at radius 1 is 0.969 bits per heavy atom. The van der Waals surface area contributed by atoms with Gasteiger partial charge in [0, 0.05) is 45.9 Å². The Hall–Kier alpha value is -3.18. The molecule has 5 heteroatoms. The summed E-state index contributed by atoms with van der Waals surface area (Å²) >= 11 is 0. The summed E-state index contributed by atoms with van der Waals surface area (Å²) in [5.74, 6) is 0.337. The minimum atomic E-state index is -0.751. The van der Waals surface area contributed by atoms with E-state index in [9.17, 15) is 4.79 Å². The average molecular weight is 447 g/mol. The molecule has 4 rings (SSSR count). The highest BCUT2D eigenvalue weighted by Crippen LogP contribution is 2.44. The van der Waals surface area contributed by atoms with Crippen molar-refractivity contribution in [3.63, 3.8) is 0 Å². The third-order valence-electron chi connectivity index (χ3n) is 5.61. The molecule has 4 nitrogen and oxygen atoms in total. The molecule has 0 saturated heterocycles. The molecule has 0 spiro atoms. The fraction of sp³-hybridized carbons (Fsp3) is 0.259. The van der Waals surface area contributed by atoms with Crippen LogP contribution in [0.4, 0.5) is 0 Å². The smallest absolute Gasteiger partial charge is 0.345 e. The Morgan fingerprint density at radius 3 is 2.31 bits per heavy atom. The van der Waals surface area contributed by atoms with Crippen LogP contribution in [0.25, 0.3) is 15.0 Å². The zero-order valence-electron chi connectivity index (χ0n) is 19.1. The quantitative estimate of drug-likeness (QED) is 0.243. The molecule has 2 aromatic carbocycles. The predicted molar refractivity (Wildman–Crippen MR) is 131 cm³/mol. The number of thiophene rings is 1. The standard InChI is InChI=1S/C27H28NO3S/c1-18-14-22(32-17-20(3)23-8-6-7-9-24(23)32)15-19(2)26(18)30-16-25(29)31-27(4,5)21-10-12-28-13-11-21/h6-15,17H,16H2,1-5H3/q+1. The summed E-state index contributed by atoms with van der Waals surface area (Å²) in [7, 11) is -0.0862. The van der Waals surface area contributed by atoms with Crippen LogP contribution in [0.5, 0.6) is 5.75 Å². The Balaban J connectivity index is 1.51. The Morgan fingerprint density at radius 2 is 1.62 bits per heavy atom. The number of esters is 1. The van der Waals surface area contributed by atoms with Gasteiger partial charge in [-0.15, -0.1) is 0 Å². The first-order chi connectivity index (χ1) is 15.3. The summed E-state index contributed by atoms with van der Waals surface area (Å²) in [6.07, 6.45) is 3.38. The molecule has 0 radical (unpaired) electrons. The first-order valence-corrected chi connectivity index (χ1v) is 11.9. The second-order valence-electron chi connectivity index (χ2n) is 8.53. The highest BCUT2D eigenvalue weighted by molar-refractivity contribution is 7.43. The van der Waals surface area contributed by atoms with Gasteiger partial charge in [-0.05, 0) is 75.6 Å². The minimum Gasteiger partial charge on any atom is -0.481 e. The minimum absolute atomic E-state index is 0.0862. The molecule has 0 aliphatic heterocycles. The Bertz CT molecular complexity index is 1250. The molecule has 164 valence electrons. The number of benzene rings is 2. The van der Waals surface area contributed by atoms with Crippen molar-refractivity contribution in [3.8, 4) is 10.6 Å². The number of rotatable bonds is 6. The maximum absolute atomic E-state index is 12.5. The van der Waals surface area contributed by atoms with Crippen LogP contribution in [-0.4, -0.2) is 17.6 Å². The third kappa shape index (κ3) is 4.39. The predicted octanol–water partition coefficient (Wildman–Crippen LogP) is 6.76. The number of nitrogens with zero attached hydrogens (tertiary/aromatic N) is 1. The monoisotopic (exact) mass is 446 g/mol. The van der Waals surface area contributed by atoms with Crippen molar-refractivity contribution in [1.29, 1.82) is 0 Å². The van der Waals surface area contributed by atoms with E-state index in [-0.39, 0.29) is 17.1 Å². The second kappa shape index (κ2) is 8.75. The van der Waals surface area contributed by atoms with Crippen LogP contribution in [0.15, 0.2) is 66.3 Å². The number of carbonyl (C=O) groups is 1. The van der Waals surface area contributed by atoms with Gasteiger partial charge in [0.05, 0.1) is 0 Å². The van der Waals surface area contributed by atoms with E-state index in [4.69, 9.17) is 9.47 Å². The molecular formula is C27H28NO3S+. The normalized spacial score (nSPS) is 12.1. The molecule has 0 amide bonds. The van der Waals surface area contributed by atoms with E-state index in [0.717, 1.165) is 22.4 Å². The maximum Gasteiger partial charge on any atom is 0.345 e. The summed E-state index contributed by atoms with van der Waals surface area (Å²) in [4.78, 5) is 17.8. The lowest BCUT2D eigenvalue weighted by Crippen LogP contribution is -2.28. The van der Waals surface area contributed by atoms with Crippen molar-refractivity contribution in [3.05, 3.63) is 88.6 Å². The highest BCUT2D eigenvalue weighted by Gasteiger charge is 2.26. The fourth-order valence-corrected chi connectivity index (χ4v) is 6.30. The van der Waals surface area contributed by atoms with Crippen molar-refractivity contribution in [2.24, 2.45) is 0 Å². The molecule has 32 heavy (non-hydrogen) atoms. The SMILES string of the molecule is Cc1cc(-[s+]2cc(C)c3ccccc32)cc(C)c1OCC(=O)OC(C)(C)c1ccncc1. The van der Waals surface area contributed by atoms with Crippen LogP contribution in [0.1, 0.15) is 36.1 Å². The van der Waals surface area contributed by atoms with E-state index in [0.29, 0.717) is 0 Å². The number of pyridine rings is 1. The molecule has 0 saturated carbocycles. The first-order valence-electron chi connectivity index (χ1n) is 10.6. The van der Waals surface area contributed by atoms with Gasteiger partial charge in [0.15, 0.2) is 16.2 Å². The summed E-state index contributed by atoms with van der Waals surface area (Å²) < 4.78 is 13.0. The van der Waals surface area contributed by atoms with E-state index in [2.05, 4.69) is 53.7 Å². The molecule has 2 heterocycles. The van der Waals surface area contributed by atoms with Crippen LogP contribution in [0, 0.1) is 20.8 Å². The Labute approximate surface area is 191 Å². The van der Waals surface area contributed by atoms with Gasteiger partial charge in [-0.1, -0.05) is 12.1 Å². The van der Waals surface area contributed by atoms with Gasteiger partial charge in [0.2, 0.25) is 0 Å². The number of aryl methyl sites for hydroxylation is 3. The van der Waals surface area contributed by atoms with Gasteiger partial charge >= 0.3 is 5.97 Å². The molecule has 1 unspecified atom stereocenters. The van der Waals surface area contributed by atoms with Gasteiger partial charge < -0.3 is 9.47 Å². The molecule has 0 bridgehead atoms. The molecule has 0 aliphatic rings. The van der Waals surface area contributed by atoms with E-state index >= 15 is 0 Å². The fourth-order valence-electron chi connectivity index (χ4n) is 4.01. The van der Waals surface area contributed by atoms with E-state index < -0.39 is 11.6 Å². The largest absolute Gasteiger partial charge is 0.481 e. The number of carbonyl (C=O) groups excluding carboxylic acids is 1. The lowest BCUT2D eigenvalue weighted by Gasteiger charge is -2.25. The average Bonchev–Trinajstić information content (AvgIpc) is 3.10. The van der Waals surface area contributed by atoms with Crippen LogP contribution >= 0.6 is 10.5 Å². The number of aromatic nitrogens is 1. The number of ether oxygens (including phenoxy) is 2. The van der Waals surface area contributed by atoms with Gasteiger partial charge in [-0.3, -0.25) is 4.98 Å². The van der Waals surface area contributed by atoms with Crippen LogP contribution < -0.4 is 4.74 Å². The van der Waals surface area contributed by atoms with Gasteiger partial charge in [0.1, 0.15) is 16.7 Å². The highest BCUT2D eigenvalue weighted by atomic mass is 32.2. The maximum atomic E-state index is 12.5. The van der Waals surface area contributed by atoms with Gasteiger partial charge in [0.25, 0.3) is 0 Å². The Kier molecular flexibility index (Phi) is 6.02. The van der Waals surface area contributed by atoms with Crippen molar-refractivity contribution >= 4 is 26.5 Å². The molecule has 4 aromatic rings. The number of hydrogen-bond donors (Lipinski definition) is 0.